The number of methoxy groups -OCH3 is 2. The summed E-state index contributed by atoms with van der Waals surface area (Å²) >= 11 is 6.50. The van der Waals surface area contributed by atoms with Crippen LogP contribution in [0.5, 0.6) is 17.5 Å². The molecule has 332 valence electrons. The molecule has 2 amide bonds. The molecule has 7 atom stereocenters. The van der Waals surface area contributed by atoms with Crippen molar-refractivity contribution in [1.82, 2.24) is 24.9 Å². The van der Waals surface area contributed by atoms with Crippen molar-refractivity contribution < 1.29 is 42.6 Å². The van der Waals surface area contributed by atoms with Gasteiger partial charge < -0.3 is 42.8 Å². The average Bonchev–Trinajstić information content (AvgIpc) is 3.79. The van der Waals surface area contributed by atoms with Crippen molar-refractivity contribution in [3.05, 3.63) is 81.6 Å². The summed E-state index contributed by atoms with van der Waals surface area (Å²) in [5, 5.41) is 22.7. The molecule has 4 aromatic rings. The molecule has 0 radical (unpaired) electrons. The maximum absolute atomic E-state index is 14.3. The Kier molecular flexibility index (Phi) is 12.6. The lowest BCUT2D eigenvalue weighted by molar-refractivity contribution is -0.0320. The van der Waals surface area contributed by atoms with E-state index in [4.69, 9.17) is 30.5 Å². The molecule has 16 nitrogen and oxygen atoms in total. The summed E-state index contributed by atoms with van der Waals surface area (Å²) in [6.45, 7) is 3.12. The Balaban J connectivity index is 1.18. The van der Waals surface area contributed by atoms with Crippen LogP contribution in [0.4, 0.5) is 5.69 Å². The number of carbonyl (C=O) groups is 3. The van der Waals surface area contributed by atoms with E-state index in [2.05, 4.69) is 30.8 Å². The maximum Gasteiger partial charge on any atom is 0.345 e. The molecular weight excluding hydrogens is 838 g/mol. The van der Waals surface area contributed by atoms with Crippen molar-refractivity contribution in [1.29, 1.82) is 0 Å². The van der Waals surface area contributed by atoms with Gasteiger partial charge in [0.2, 0.25) is 11.8 Å². The highest BCUT2D eigenvalue weighted by atomic mass is 35.5. The normalized spacial score (nSPS) is 26.5. The summed E-state index contributed by atoms with van der Waals surface area (Å²) in [6, 6.07) is 11.3. The lowest BCUT2D eigenvalue weighted by Gasteiger charge is -2.46. The molecule has 2 aromatic carbocycles. The van der Waals surface area contributed by atoms with Gasteiger partial charge in [-0.3, -0.25) is 19.0 Å². The number of hydrogen-bond acceptors (Lipinski definition) is 13. The van der Waals surface area contributed by atoms with E-state index in [0.29, 0.717) is 30.5 Å². The standard InChI is InChI=1S/C44H53ClN7O9S/c1-25-35(53)13-15-36(61-43(56)32-22-51(3)48-42(32)59-5)30-11-8-28(30)20-52-23-44(16-6-7-26-17-29(45)10-12-33(26)44)24-60-37-14-9-27(18-34(37)52)39(54)49-62(57)38(25)19-46-40(55)31-21-50(2)47-41(31)58-4/h9-10,12,14,17-18,21-22,25,28,30,35-36,38,53H,6-8,11,13,15-16,19-20,23-24H2,1-5H3,(H,46,55)/q-1/t25-,28-,30+,35-,36-,38+,44-/m0/s1. The number of amides is 2. The summed E-state index contributed by atoms with van der Waals surface area (Å²) in [6.07, 6.45) is 6.25. The van der Waals surface area contributed by atoms with E-state index >= 15 is 0 Å². The van der Waals surface area contributed by atoms with E-state index < -0.39 is 51.8 Å². The average molecular weight is 891 g/mol. The lowest BCUT2D eigenvalue weighted by Crippen LogP contribution is -2.50. The number of ether oxygens (including phenoxy) is 4. The van der Waals surface area contributed by atoms with E-state index in [1.807, 2.05) is 12.1 Å². The molecule has 1 saturated carbocycles. The van der Waals surface area contributed by atoms with Gasteiger partial charge in [-0.2, -0.15) is 10.6 Å². The summed E-state index contributed by atoms with van der Waals surface area (Å²) in [4.78, 5) is 43.6. The number of anilines is 1. The van der Waals surface area contributed by atoms with E-state index in [0.717, 1.165) is 37.8 Å². The van der Waals surface area contributed by atoms with E-state index in [9.17, 15) is 23.7 Å². The molecule has 0 unspecified atom stereocenters. The fraction of sp³-hybridized carbons (Fsp3) is 0.523. The number of carbonyl (C=O) groups excluding carboxylic acids is 3. The topological polar surface area (TPSA) is 189 Å². The maximum atomic E-state index is 14.3. The molecule has 1 spiro atoms. The Bertz CT molecular complexity index is 2450. The van der Waals surface area contributed by atoms with E-state index in [-0.39, 0.29) is 65.1 Å². The van der Waals surface area contributed by atoms with Gasteiger partial charge in [0.05, 0.1) is 32.6 Å². The first-order chi connectivity index (χ1) is 29.8. The smallest absolute Gasteiger partial charge is 0.345 e. The molecule has 1 fully saturated rings. The van der Waals surface area contributed by atoms with Gasteiger partial charge in [0, 0.05) is 68.0 Å². The van der Waals surface area contributed by atoms with Gasteiger partial charge in [-0.1, -0.05) is 29.8 Å². The van der Waals surface area contributed by atoms with E-state index in [1.54, 1.807) is 45.4 Å². The molecule has 0 saturated heterocycles. The number of aliphatic hydroxyl groups excluding tert-OH is 1. The second kappa shape index (κ2) is 17.9. The number of fused-ring (bicyclic) bond motifs is 4. The first-order valence-corrected chi connectivity index (χ1v) is 22.6. The van der Waals surface area contributed by atoms with Crippen LogP contribution in [0.1, 0.15) is 87.6 Å². The number of nitrogens with one attached hydrogen (secondary N) is 1. The fourth-order valence-corrected chi connectivity index (χ4v) is 11.1. The van der Waals surface area contributed by atoms with Crippen molar-refractivity contribution in [3.63, 3.8) is 0 Å². The SMILES string of the molecule is COc1nn(C)cc1C(=O)NC[C@@H]1[C@@H](C)[C@@H](O)CC[C@H](OC(=O)c2cn(C)nc2OC)[C@@H]2CC[C@H]2CN2C[C@@]3(CCCc4cc(Cl)ccc43)COc3ccc(cc32)C(=O)N=[S-]1=O. The molecule has 2 aliphatic carbocycles. The van der Waals surface area contributed by atoms with Crippen LogP contribution >= 0.6 is 11.6 Å². The monoisotopic (exact) mass is 890 g/mol. The minimum atomic E-state index is -2.22. The van der Waals surface area contributed by atoms with Crippen molar-refractivity contribution in [2.45, 2.75) is 74.7 Å². The first-order valence-electron chi connectivity index (χ1n) is 21.1. The fourth-order valence-electron chi connectivity index (χ4n) is 9.71. The van der Waals surface area contributed by atoms with Crippen LogP contribution < -0.4 is 24.4 Å². The molecule has 2 aromatic heterocycles. The van der Waals surface area contributed by atoms with Crippen LogP contribution in [0, 0.1) is 17.8 Å². The molecule has 4 aliphatic rings. The number of esters is 1. The Hall–Kier alpha value is -5.13. The Labute approximate surface area is 367 Å². The summed E-state index contributed by atoms with van der Waals surface area (Å²) in [7, 11) is 3.98. The van der Waals surface area contributed by atoms with E-state index in [1.165, 1.54) is 40.9 Å². The number of aryl methyl sites for hydroxylation is 3. The molecule has 62 heavy (non-hydrogen) atoms. The summed E-state index contributed by atoms with van der Waals surface area (Å²) in [5.41, 5.74) is 3.32. The van der Waals surface area contributed by atoms with Gasteiger partial charge in [0.25, 0.3) is 11.8 Å². The van der Waals surface area contributed by atoms with Crippen molar-refractivity contribution in [3.8, 4) is 17.5 Å². The molecule has 2 aliphatic heterocycles. The molecule has 18 heteroatoms. The zero-order valence-corrected chi connectivity index (χ0v) is 37.1. The third kappa shape index (κ3) is 8.63. The number of aromatic nitrogens is 4. The van der Waals surface area contributed by atoms with Gasteiger partial charge >= 0.3 is 5.97 Å². The number of aliphatic hydroxyl groups is 1. The predicted molar refractivity (Wildman–Crippen MR) is 230 cm³/mol. The molecule has 4 heterocycles. The number of nitrogens with zero attached hydrogens (tertiary/aromatic N) is 6. The molecule has 2 N–H and O–H groups in total. The molecule has 2 bridgehead atoms. The second-order valence-electron chi connectivity index (χ2n) is 17.1. The van der Waals surface area contributed by atoms with Gasteiger partial charge in [-0.05, 0) is 98.2 Å². The van der Waals surface area contributed by atoms with Gasteiger partial charge in [0.1, 0.15) is 23.0 Å². The second-order valence-corrected chi connectivity index (χ2v) is 18.9. The highest BCUT2D eigenvalue weighted by molar-refractivity contribution is 7.76. The van der Waals surface area contributed by atoms with Crippen molar-refractivity contribution in [2.75, 3.05) is 45.4 Å². The van der Waals surface area contributed by atoms with Crippen LogP contribution in [0.25, 0.3) is 0 Å². The van der Waals surface area contributed by atoms with Gasteiger partial charge in [-0.25, -0.2) is 4.79 Å². The summed E-state index contributed by atoms with van der Waals surface area (Å²) in [5.74, 6) is -1.66. The minimum Gasteiger partial charge on any atom is -0.490 e. The van der Waals surface area contributed by atoms with Crippen molar-refractivity contribution >= 4 is 45.7 Å². The van der Waals surface area contributed by atoms with Gasteiger partial charge in [0.15, 0.2) is 0 Å². The van der Waals surface area contributed by atoms with Crippen molar-refractivity contribution in [2.24, 2.45) is 36.2 Å². The quantitative estimate of drug-likeness (QED) is 0.177. The van der Waals surface area contributed by atoms with Gasteiger partial charge in [-0.15, -0.1) is 10.2 Å². The van der Waals surface area contributed by atoms with Crippen LogP contribution in [0.3, 0.4) is 0 Å². The Morgan fingerprint density at radius 3 is 2.48 bits per heavy atom. The zero-order chi connectivity index (χ0) is 43.9. The Morgan fingerprint density at radius 1 is 1.02 bits per heavy atom. The van der Waals surface area contributed by atoms with Crippen LogP contribution in [-0.4, -0.2) is 100 Å². The lowest BCUT2D eigenvalue weighted by atomic mass is 9.68. The molecular formula is C44H53ClN7O9S-. The first kappa shape index (κ1) is 43.5. The predicted octanol–water partition coefficient (Wildman–Crippen LogP) is 5.43. The Morgan fingerprint density at radius 2 is 1.76 bits per heavy atom. The van der Waals surface area contributed by atoms with Crippen LogP contribution in [0.2, 0.25) is 5.02 Å². The summed E-state index contributed by atoms with van der Waals surface area (Å²) < 4.78 is 45.1. The minimum absolute atomic E-state index is 0.0726. The number of rotatable bonds is 7. The molecule has 8 rings (SSSR count). The zero-order valence-electron chi connectivity index (χ0n) is 35.5. The highest BCUT2D eigenvalue weighted by Crippen LogP contribution is 2.47. The largest absolute Gasteiger partial charge is 0.490 e. The third-order valence-corrected chi connectivity index (χ3v) is 14.9. The highest BCUT2D eigenvalue weighted by Gasteiger charge is 2.45. The number of benzene rings is 2. The van der Waals surface area contributed by atoms with Crippen LogP contribution in [0.15, 0.2) is 53.2 Å². The number of halogens is 1. The number of hydrogen-bond donors (Lipinski definition) is 2. The van der Waals surface area contributed by atoms with Crippen LogP contribution in [-0.2, 0) is 45.5 Å². The third-order valence-electron chi connectivity index (χ3n) is 13.2.